The summed E-state index contributed by atoms with van der Waals surface area (Å²) in [5, 5.41) is 8.94. The fourth-order valence-corrected chi connectivity index (χ4v) is 5.16. The first-order valence-electron chi connectivity index (χ1n) is 9.13. The lowest BCUT2D eigenvalue weighted by Crippen LogP contribution is -2.34. The molecule has 0 bridgehead atoms. The molecule has 0 N–H and O–H groups in total. The Hall–Kier alpha value is -1.43. The number of hydrazone groups is 1. The van der Waals surface area contributed by atoms with Gasteiger partial charge in [0.05, 0.1) is 21.8 Å². The number of benzene rings is 3. The lowest BCUT2D eigenvalue weighted by atomic mass is 9.96. The van der Waals surface area contributed by atoms with Crippen molar-refractivity contribution in [2.45, 2.75) is 18.7 Å². The molecule has 0 aromatic heterocycles. The molecule has 2 atom stereocenters. The number of ether oxygens (including phenoxy) is 1. The largest absolute Gasteiger partial charge is 0.463 e. The summed E-state index contributed by atoms with van der Waals surface area (Å²) >= 11 is 28.9. The van der Waals surface area contributed by atoms with E-state index in [2.05, 4.69) is 15.9 Å². The predicted molar refractivity (Wildman–Crippen MR) is 126 cm³/mol. The average Bonchev–Trinajstić information content (AvgIpc) is 3.14. The smallest absolute Gasteiger partial charge is 0.215 e. The summed E-state index contributed by atoms with van der Waals surface area (Å²) < 4.78 is 7.35. The third-order valence-corrected chi connectivity index (χ3v) is 6.80. The van der Waals surface area contributed by atoms with Gasteiger partial charge in [-0.15, -0.1) is 0 Å². The molecule has 0 fully saturated rings. The van der Waals surface area contributed by atoms with Crippen molar-refractivity contribution in [3.05, 3.63) is 95.9 Å². The van der Waals surface area contributed by atoms with Crippen LogP contribution in [0.5, 0.6) is 5.75 Å². The van der Waals surface area contributed by atoms with Crippen molar-refractivity contribution in [2.24, 2.45) is 5.10 Å². The molecule has 3 nitrogen and oxygen atoms in total. The van der Waals surface area contributed by atoms with Crippen LogP contribution in [0.3, 0.4) is 0 Å². The lowest BCUT2D eigenvalue weighted by Gasteiger charge is -2.39. The van der Waals surface area contributed by atoms with Gasteiger partial charge in [-0.3, -0.25) is 0 Å². The van der Waals surface area contributed by atoms with Crippen LogP contribution in [0.2, 0.25) is 20.1 Å². The second kappa shape index (κ2) is 7.92. The van der Waals surface area contributed by atoms with E-state index < -0.39 is 6.23 Å². The average molecular weight is 543 g/mol. The first-order chi connectivity index (χ1) is 14.4. The molecule has 0 unspecified atom stereocenters. The molecule has 0 saturated heterocycles. The van der Waals surface area contributed by atoms with Crippen LogP contribution in [0.1, 0.15) is 35.4 Å². The zero-order chi connectivity index (χ0) is 21.0. The Morgan fingerprint density at radius 1 is 0.867 bits per heavy atom. The van der Waals surface area contributed by atoms with Crippen LogP contribution < -0.4 is 4.74 Å². The molecule has 152 valence electrons. The van der Waals surface area contributed by atoms with E-state index in [-0.39, 0.29) is 6.04 Å². The van der Waals surface area contributed by atoms with Crippen LogP contribution in [-0.2, 0) is 0 Å². The minimum absolute atomic E-state index is 0.0830. The van der Waals surface area contributed by atoms with Crippen LogP contribution in [0.4, 0.5) is 0 Å². The Morgan fingerprint density at radius 3 is 2.33 bits per heavy atom. The molecule has 2 aliphatic heterocycles. The van der Waals surface area contributed by atoms with Gasteiger partial charge in [0.1, 0.15) is 5.75 Å². The van der Waals surface area contributed by atoms with Crippen molar-refractivity contribution in [3.8, 4) is 5.75 Å². The number of rotatable bonds is 2. The van der Waals surface area contributed by atoms with Gasteiger partial charge in [0.25, 0.3) is 0 Å². The molecule has 2 heterocycles. The molecule has 0 aliphatic carbocycles. The maximum Gasteiger partial charge on any atom is 0.215 e. The lowest BCUT2D eigenvalue weighted by molar-refractivity contribution is -0.0188. The summed E-state index contributed by atoms with van der Waals surface area (Å²) in [4.78, 5) is 0. The van der Waals surface area contributed by atoms with E-state index in [9.17, 15) is 0 Å². The molecule has 0 radical (unpaired) electrons. The molecule has 5 rings (SSSR count). The van der Waals surface area contributed by atoms with Crippen LogP contribution in [0.15, 0.2) is 64.2 Å². The molecule has 3 aromatic carbocycles. The first kappa shape index (κ1) is 20.5. The van der Waals surface area contributed by atoms with Crippen LogP contribution in [0.25, 0.3) is 0 Å². The van der Waals surface area contributed by atoms with Gasteiger partial charge in [0.15, 0.2) is 0 Å². The third-order valence-electron chi connectivity index (χ3n) is 5.21. The Kier molecular flexibility index (Phi) is 5.41. The Labute approximate surface area is 202 Å². The molecule has 0 amide bonds. The van der Waals surface area contributed by atoms with Gasteiger partial charge < -0.3 is 4.74 Å². The van der Waals surface area contributed by atoms with Crippen molar-refractivity contribution >= 4 is 68.0 Å². The Bertz CT molecular complexity index is 1180. The number of halogens is 5. The highest BCUT2D eigenvalue weighted by molar-refractivity contribution is 9.10. The van der Waals surface area contributed by atoms with E-state index >= 15 is 0 Å². The van der Waals surface area contributed by atoms with E-state index in [0.29, 0.717) is 32.3 Å². The van der Waals surface area contributed by atoms with E-state index in [1.165, 1.54) is 0 Å². The van der Waals surface area contributed by atoms with Gasteiger partial charge in [-0.05, 0) is 42.0 Å². The number of hydrogen-bond donors (Lipinski definition) is 0. The fraction of sp³-hybridized carbons (Fsp3) is 0.136. The SMILES string of the molecule is Clc1ccc([C@H]2Oc3c(Cl)cc(Cl)cc3[C@@H]3CC(c4ccc(Br)cc4)=NN23)c(Cl)c1. The molecular weight excluding hydrogens is 530 g/mol. The van der Waals surface area contributed by atoms with E-state index in [4.69, 9.17) is 56.2 Å². The van der Waals surface area contributed by atoms with Crippen LogP contribution >= 0.6 is 62.3 Å². The van der Waals surface area contributed by atoms with Gasteiger partial charge in [-0.2, -0.15) is 5.10 Å². The molecular formula is C22H13BrCl4N2O. The van der Waals surface area contributed by atoms with Gasteiger partial charge in [0.2, 0.25) is 6.23 Å². The highest BCUT2D eigenvalue weighted by Crippen LogP contribution is 2.51. The number of hydrogen-bond acceptors (Lipinski definition) is 3. The van der Waals surface area contributed by atoms with Gasteiger partial charge in [-0.1, -0.05) is 80.5 Å². The van der Waals surface area contributed by atoms with Crippen molar-refractivity contribution < 1.29 is 4.74 Å². The van der Waals surface area contributed by atoms with E-state index in [1.807, 2.05) is 41.4 Å². The van der Waals surface area contributed by atoms with Gasteiger partial charge >= 0.3 is 0 Å². The molecule has 0 spiro atoms. The second-order valence-electron chi connectivity index (χ2n) is 7.10. The zero-order valence-electron chi connectivity index (χ0n) is 15.3. The number of nitrogens with zero attached hydrogens (tertiary/aromatic N) is 2. The zero-order valence-corrected chi connectivity index (χ0v) is 19.9. The quantitative estimate of drug-likeness (QED) is 0.325. The van der Waals surface area contributed by atoms with E-state index in [1.54, 1.807) is 18.2 Å². The summed E-state index contributed by atoms with van der Waals surface area (Å²) in [5.74, 6) is 0.602. The molecule has 3 aromatic rings. The van der Waals surface area contributed by atoms with Crippen molar-refractivity contribution in [1.82, 2.24) is 5.01 Å². The topological polar surface area (TPSA) is 24.8 Å². The summed E-state index contributed by atoms with van der Waals surface area (Å²) in [7, 11) is 0. The minimum Gasteiger partial charge on any atom is -0.463 e. The van der Waals surface area contributed by atoms with Crippen LogP contribution in [0, 0.1) is 0 Å². The van der Waals surface area contributed by atoms with Gasteiger partial charge in [0, 0.05) is 32.1 Å². The Balaban J connectivity index is 1.64. The molecule has 8 heteroatoms. The molecule has 30 heavy (non-hydrogen) atoms. The van der Waals surface area contributed by atoms with Gasteiger partial charge in [-0.25, -0.2) is 5.01 Å². The summed E-state index contributed by atoms with van der Waals surface area (Å²) in [5.41, 5.74) is 3.67. The summed E-state index contributed by atoms with van der Waals surface area (Å²) in [6.07, 6.45) is 0.148. The molecule has 2 aliphatic rings. The summed E-state index contributed by atoms with van der Waals surface area (Å²) in [6.45, 7) is 0. The predicted octanol–water partition coefficient (Wildman–Crippen LogP) is 8.31. The normalized spacial score (nSPS) is 19.8. The maximum absolute atomic E-state index is 6.52. The highest BCUT2D eigenvalue weighted by atomic mass is 79.9. The van der Waals surface area contributed by atoms with Crippen molar-refractivity contribution in [2.75, 3.05) is 0 Å². The van der Waals surface area contributed by atoms with E-state index in [0.717, 1.165) is 26.9 Å². The van der Waals surface area contributed by atoms with Crippen molar-refractivity contribution in [3.63, 3.8) is 0 Å². The Morgan fingerprint density at radius 2 is 1.60 bits per heavy atom. The molecule has 0 saturated carbocycles. The van der Waals surface area contributed by atoms with Crippen LogP contribution in [-0.4, -0.2) is 10.7 Å². The third kappa shape index (κ3) is 3.59. The standard InChI is InChI=1S/C22H13BrCl4N2O/c23-12-3-1-11(2-4-12)19-10-20-16-7-14(25)9-18(27)21(16)30-22(29(20)28-19)15-6-5-13(24)8-17(15)26/h1-9,20,22H,10H2/t20-,22+/m0/s1. The second-order valence-corrected chi connectivity index (χ2v) is 9.70. The van der Waals surface area contributed by atoms with Crippen molar-refractivity contribution in [1.29, 1.82) is 0 Å². The highest BCUT2D eigenvalue weighted by Gasteiger charge is 2.42. The minimum atomic E-state index is -0.543. The summed E-state index contributed by atoms with van der Waals surface area (Å²) in [6, 6.07) is 16.9. The number of fused-ring (bicyclic) bond motifs is 3. The monoisotopic (exact) mass is 540 g/mol. The first-order valence-corrected chi connectivity index (χ1v) is 11.4. The maximum atomic E-state index is 6.52. The fourth-order valence-electron chi connectivity index (χ4n) is 3.84.